The summed E-state index contributed by atoms with van der Waals surface area (Å²) < 4.78 is 1.78. The second kappa shape index (κ2) is 5.52. The molecule has 5 heteroatoms. The standard InChI is InChI=1S/C13H22N4O/c1-10-7-11(2)17(15-10)9-13(18)16-6-4-3-5-12(16)8-14/h7,12H,3-6,8-9,14H2,1-2H3. The highest BCUT2D eigenvalue weighted by Gasteiger charge is 2.25. The van der Waals surface area contributed by atoms with Crippen LogP contribution in [0.3, 0.4) is 0 Å². The van der Waals surface area contributed by atoms with Gasteiger partial charge in [-0.05, 0) is 39.2 Å². The summed E-state index contributed by atoms with van der Waals surface area (Å²) in [7, 11) is 0. The molecule has 1 aliphatic heterocycles. The van der Waals surface area contributed by atoms with Crippen molar-refractivity contribution in [1.82, 2.24) is 14.7 Å². The minimum Gasteiger partial charge on any atom is -0.337 e. The maximum absolute atomic E-state index is 12.3. The van der Waals surface area contributed by atoms with Crippen molar-refractivity contribution in [2.75, 3.05) is 13.1 Å². The average Bonchev–Trinajstić information content (AvgIpc) is 2.67. The molecular weight excluding hydrogens is 228 g/mol. The number of aromatic nitrogens is 2. The van der Waals surface area contributed by atoms with E-state index < -0.39 is 0 Å². The van der Waals surface area contributed by atoms with Crippen LogP contribution in [0.4, 0.5) is 0 Å². The van der Waals surface area contributed by atoms with Gasteiger partial charge in [0.05, 0.1) is 5.69 Å². The van der Waals surface area contributed by atoms with Gasteiger partial charge in [0.15, 0.2) is 0 Å². The van der Waals surface area contributed by atoms with Crippen LogP contribution < -0.4 is 5.73 Å². The smallest absolute Gasteiger partial charge is 0.244 e. The van der Waals surface area contributed by atoms with E-state index in [0.717, 1.165) is 30.8 Å². The highest BCUT2D eigenvalue weighted by atomic mass is 16.2. The van der Waals surface area contributed by atoms with Gasteiger partial charge in [-0.15, -0.1) is 0 Å². The van der Waals surface area contributed by atoms with Gasteiger partial charge >= 0.3 is 0 Å². The van der Waals surface area contributed by atoms with E-state index in [0.29, 0.717) is 13.1 Å². The van der Waals surface area contributed by atoms with Gasteiger partial charge in [0.25, 0.3) is 0 Å². The monoisotopic (exact) mass is 250 g/mol. The minimum atomic E-state index is 0.136. The Morgan fingerprint density at radius 2 is 2.28 bits per heavy atom. The molecule has 18 heavy (non-hydrogen) atoms. The summed E-state index contributed by atoms with van der Waals surface area (Å²) in [4.78, 5) is 14.2. The third-order valence-corrected chi connectivity index (χ3v) is 3.61. The molecule has 0 spiro atoms. The molecule has 2 rings (SSSR count). The van der Waals surface area contributed by atoms with Crippen LogP contribution in [0.15, 0.2) is 6.07 Å². The summed E-state index contributed by atoms with van der Waals surface area (Å²) in [6, 6.07) is 2.20. The van der Waals surface area contributed by atoms with Gasteiger partial charge in [0, 0.05) is 24.8 Å². The molecule has 2 N–H and O–H groups in total. The van der Waals surface area contributed by atoms with E-state index in [1.54, 1.807) is 4.68 Å². The molecule has 0 aliphatic carbocycles. The maximum Gasteiger partial charge on any atom is 0.244 e. The molecule has 0 saturated carbocycles. The number of rotatable bonds is 3. The molecule has 1 aromatic heterocycles. The SMILES string of the molecule is Cc1cc(C)n(CC(=O)N2CCCCC2CN)n1. The zero-order valence-corrected chi connectivity index (χ0v) is 11.2. The highest BCUT2D eigenvalue weighted by Crippen LogP contribution is 2.17. The molecule has 1 saturated heterocycles. The molecule has 1 aliphatic rings. The van der Waals surface area contributed by atoms with Crippen LogP contribution in [0.2, 0.25) is 0 Å². The largest absolute Gasteiger partial charge is 0.337 e. The van der Waals surface area contributed by atoms with E-state index >= 15 is 0 Å². The number of nitrogens with zero attached hydrogens (tertiary/aromatic N) is 3. The molecule has 1 fully saturated rings. The lowest BCUT2D eigenvalue weighted by molar-refractivity contribution is -0.135. The van der Waals surface area contributed by atoms with E-state index in [1.807, 2.05) is 24.8 Å². The van der Waals surface area contributed by atoms with Crippen molar-refractivity contribution >= 4 is 5.91 Å². The molecule has 100 valence electrons. The van der Waals surface area contributed by atoms with Crippen LogP contribution in [0, 0.1) is 13.8 Å². The van der Waals surface area contributed by atoms with E-state index in [4.69, 9.17) is 5.73 Å². The minimum absolute atomic E-state index is 0.136. The van der Waals surface area contributed by atoms with Crippen molar-refractivity contribution in [3.8, 4) is 0 Å². The quantitative estimate of drug-likeness (QED) is 0.864. The maximum atomic E-state index is 12.3. The average molecular weight is 250 g/mol. The van der Waals surface area contributed by atoms with Crippen LogP contribution in [-0.4, -0.2) is 39.7 Å². The number of likely N-dealkylation sites (tertiary alicyclic amines) is 1. The van der Waals surface area contributed by atoms with E-state index in [-0.39, 0.29) is 11.9 Å². The molecule has 1 atom stereocenters. The van der Waals surface area contributed by atoms with Gasteiger partial charge in [-0.25, -0.2) is 0 Å². The van der Waals surface area contributed by atoms with Crippen LogP contribution in [0.1, 0.15) is 30.7 Å². The highest BCUT2D eigenvalue weighted by molar-refractivity contribution is 5.76. The predicted octanol–water partition coefficient (Wildman–Crippen LogP) is 0.840. The zero-order chi connectivity index (χ0) is 13.1. The third-order valence-electron chi connectivity index (χ3n) is 3.61. The van der Waals surface area contributed by atoms with Crippen LogP contribution in [0.5, 0.6) is 0 Å². The number of nitrogens with two attached hydrogens (primary N) is 1. The first-order valence-corrected chi connectivity index (χ1v) is 6.62. The number of aryl methyl sites for hydroxylation is 2. The van der Waals surface area contributed by atoms with E-state index in [9.17, 15) is 4.79 Å². The second-order valence-electron chi connectivity index (χ2n) is 5.06. The molecule has 5 nitrogen and oxygen atoms in total. The van der Waals surface area contributed by atoms with Gasteiger partial charge in [-0.2, -0.15) is 5.10 Å². The molecule has 0 bridgehead atoms. The normalized spacial score (nSPS) is 20.2. The van der Waals surface area contributed by atoms with Crippen LogP contribution in [0.25, 0.3) is 0 Å². The summed E-state index contributed by atoms with van der Waals surface area (Å²) >= 11 is 0. The number of piperidine rings is 1. The Hall–Kier alpha value is -1.36. The first-order valence-electron chi connectivity index (χ1n) is 6.62. The van der Waals surface area contributed by atoms with Gasteiger partial charge in [0.1, 0.15) is 6.54 Å². The Labute approximate surface area is 108 Å². The number of carbonyl (C=O) groups excluding carboxylic acids is 1. The number of hydrogen-bond acceptors (Lipinski definition) is 3. The summed E-state index contributed by atoms with van der Waals surface area (Å²) in [6.45, 7) is 5.64. The van der Waals surface area contributed by atoms with Crippen molar-refractivity contribution in [2.45, 2.75) is 45.7 Å². The topological polar surface area (TPSA) is 64.2 Å². The molecule has 0 aromatic carbocycles. The molecule has 1 amide bonds. The number of amides is 1. The summed E-state index contributed by atoms with van der Waals surface area (Å²) in [6.07, 6.45) is 3.28. The second-order valence-corrected chi connectivity index (χ2v) is 5.06. The van der Waals surface area contributed by atoms with Gasteiger partial charge < -0.3 is 10.6 Å². The molecule has 1 unspecified atom stereocenters. The van der Waals surface area contributed by atoms with Crippen LogP contribution in [-0.2, 0) is 11.3 Å². The first kappa shape index (κ1) is 13.1. The Morgan fingerprint density at radius 1 is 1.50 bits per heavy atom. The number of carbonyl (C=O) groups is 1. The summed E-state index contributed by atoms with van der Waals surface area (Å²) in [5, 5.41) is 4.33. The lowest BCUT2D eigenvalue weighted by Crippen LogP contribution is -2.48. The number of hydrogen-bond donors (Lipinski definition) is 1. The van der Waals surface area contributed by atoms with Gasteiger partial charge in [-0.3, -0.25) is 9.48 Å². The molecule has 1 aromatic rings. The fourth-order valence-electron chi connectivity index (χ4n) is 2.63. The Bertz CT molecular complexity index is 427. The summed E-state index contributed by atoms with van der Waals surface area (Å²) in [5.74, 6) is 0.136. The van der Waals surface area contributed by atoms with Crippen molar-refractivity contribution in [2.24, 2.45) is 5.73 Å². The van der Waals surface area contributed by atoms with Gasteiger partial charge in [0.2, 0.25) is 5.91 Å². The first-order chi connectivity index (χ1) is 8.61. The van der Waals surface area contributed by atoms with E-state index in [1.165, 1.54) is 6.42 Å². The van der Waals surface area contributed by atoms with Crippen molar-refractivity contribution < 1.29 is 4.79 Å². The Morgan fingerprint density at radius 3 is 2.89 bits per heavy atom. The lowest BCUT2D eigenvalue weighted by atomic mass is 10.0. The molecule has 0 radical (unpaired) electrons. The lowest BCUT2D eigenvalue weighted by Gasteiger charge is -2.35. The summed E-state index contributed by atoms with van der Waals surface area (Å²) in [5.41, 5.74) is 7.73. The van der Waals surface area contributed by atoms with Crippen molar-refractivity contribution in [1.29, 1.82) is 0 Å². The van der Waals surface area contributed by atoms with E-state index in [2.05, 4.69) is 5.10 Å². The fraction of sp³-hybridized carbons (Fsp3) is 0.692. The van der Waals surface area contributed by atoms with Crippen molar-refractivity contribution in [3.05, 3.63) is 17.5 Å². The molecular formula is C13H22N4O. The Kier molecular flexibility index (Phi) is 4.01. The van der Waals surface area contributed by atoms with Crippen molar-refractivity contribution in [3.63, 3.8) is 0 Å². The predicted molar refractivity (Wildman–Crippen MR) is 70.1 cm³/mol. The van der Waals surface area contributed by atoms with Gasteiger partial charge in [-0.1, -0.05) is 0 Å². The fourth-order valence-corrected chi connectivity index (χ4v) is 2.63. The van der Waals surface area contributed by atoms with Crippen LogP contribution >= 0.6 is 0 Å². The molecule has 2 heterocycles. The Balaban J connectivity index is 2.04. The zero-order valence-electron chi connectivity index (χ0n) is 11.2. The third kappa shape index (κ3) is 2.72.